The quantitative estimate of drug-likeness (QED) is 0.247. The minimum atomic E-state index is 0.491. The molecule has 4 nitrogen and oxygen atoms in total. The fourth-order valence-electron chi connectivity index (χ4n) is 6.13. The maximum absolute atomic E-state index is 8.67. The molecule has 6 aromatic rings. The maximum atomic E-state index is 8.67. The second-order valence-electron chi connectivity index (χ2n) is 9.87. The number of benzene rings is 4. The molecule has 1 aliphatic heterocycles. The van der Waals surface area contributed by atoms with Crippen molar-refractivity contribution in [2.45, 2.75) is 0 Å². The van der Waals surface area contributed by atoms with Gasteiger partial charge < -0.3 is 19.9 Å². The number of allylic oxidation sites excluding steroid dienone is 8. The van der Waals surface area contributed by atoms with E-state index in [1.807, 2.05) is 36.6 Å². The number of hydrogen-bond donors (Lipinski definition) is 2. The molecule has 0 spiro atoms. The average Bonchev–Trinajstić information content (AvgIpc) is 3.51. The van der Waals surface area contributed by atoms with Gasteiger partial charge in [-0.15, -0.1) is 0 Å². The lowest BCUT2D eigenvalue weighted by Gasteiger charge is -2.22. The molecule has 39 heavy (non-hydrogen) atoms. The van der Waals surface area contributed by atoms with E-state index in [1.54, 1.807) is 0 Å². The van der Waals surface area contributed by atoms with Gasteiger partial charge in [0.1, 0.15) is 0 Å². The zero-order valence-electron chi connectivity index (χ0n) is 21.1. The molecule has 0 radical (unpaired) electrons. The van der Waals surface area contributed by atoms with Gasteiger partial charge in [-0.3, -0.25) is 0 Å². The first kappa shape index (κ1) is 21.7. The lowest BCUT2D eigenvalue weighted by molar-refractivity contribution is 1.04. The van der Waals surface area contributed by atoms with Crippen LogP contribution < -0.4 is 5.32 Å². The number of dihydropyridines is 1. The van der Waals surface area contributed by atoms with E-state index in [2.05, 4.69) is 112 Å². The number of nitrogens with one attached hydrogen (secondary N) is 2. The second-order valence-corrected chi connectivity index (χ2v) is 9.87. The molecule has 0 fully saturated rings. The molecule has 1 aliphatic carbocycles. The first-order valence-corrected chi connectivity index (χ1v) is 13.1. The van der Waals surface area contributed by atoms with E-state index in [-0.39, 0.29) is 0 Å². The highest BCUT2D eigenvalue weighted by atomic mass is 15.1. The van der Waals surface area contributed by atoms with Crippen molar-refractivity contribution in [1.82, 2.24) is 14.5 Å². The van der Waals surface area contributed by atoms with Gasteiger partial charge in [0.15, 0.2) is 0 Å². The predicted molar refractivity (Wildman–Crippen MR) is 163 cm³/mol. The molecule has 4 aromatic carbocycles. The van der Waals surface area contributed by atoms with Gasteiger partial charge in [0, 0.05) is 39.0 Å². The zero-order valence-corrected chi connectivity index (χ0v) is 21.1. The monoisotopic (exact) mass is 500 g/mol. The van der Waals surface area contributed by atoms with E-state index >= 15 is 0 Å². The summed E-state index contributed by atoms with van der Waals surface area (Å²) in [6, 6.07) is 32.4. The Kier molecular flexibility index (Phi) is 4.64. The van der Waals surface area contributed by atoms with Crippen LogP contribution in [0.5, 0.6) is 0 Å². The van der Waals surface area contributed by atoms with Crippen molar-refractivity contribution in [1.29, 1.82) is 5.41 Å². The first-order valence-electron chi connectivity index (χ1n) is 13.1. The van der Waals surface area contributed by atoms with Crippen molar-refractivity contribution >= 4 is 55.0 Å². The summed E-state index contributed by atoms with van der Waals surface area (Å²) in [4.78, 5) is 0. The van der Waals surface area contributed by atoms with Gasteiger partial charge in [-0.25, -0.2) is 0 Å². The molecule has 8 rings (SSSR count). The third-order valence-electron chi connectivity index (χ3n) is 7.75. The zero-order chi connectivity index (χ0) is 25.9. The highest BCUT2D eigenvalue weighted by Crippen LogP contribution is 2.42. The van der Waals surface area contributed by atoms with Crippen LogP contribution in [0.1, 0.15) is 0 Å². The van der Waals surface area contributed by atoms with E-state index in [9.17, 15) is 0 Å². The molecular weight excluding hydrogens is 476 g/mol. The number of rotatable bonds is 2. The fourth-order valence-corrected chi connectivity index (χ4v) is 6.13. The Labute approximate surface area is 225 Å². The van der Waals surface area contributed by atoms with Crippen molar-refractivity contribution in [3.8, 4) is 5.69 Å². The Hall–Kier alpha value is -5.35. The summed E-state index contributed by atoms with van der Waals surface area (Å²) in [5, 5.41) is 17.0. The Balaban J connectivity index is 1.60. The Morgan fingerprint density at radius 1 is 0.564 bits per heavy atom. The standard InChI is InChI=1S/C35H24N4/c36-29-16-7-4-15-28(29)33-32(19-10-22-37-33)39-31-18-9-6-14-25(31)27-21-20-26-24-13-5-8-17-30(24)38(34(26)35(27)39)23-11-2-1-3-12-23/h1-22,36-37H. The summed E-state index contributed by atoms with van der Waals surface area (Å²) in [6.07, 6.45) is 13.9. The lowest BCUT2D eigenvalue weighted by Crippen LogP contribution is -2.19. The highest BCUT2D eigenvalue weighted by molar-refractivity contribution is 6.24. The Morgan fingerprint density at radius 3 is 1.90 bits per heavy atom. The molecule has 184 valence electrons. The topological polar surface area (TPSA) is 45.7 Å². The van der Waals surface area contributed by atoms with E-state index in [0.29, 0.717) is 5.71 Å². The van der Waals surface area contributed by atoms with Crippen LogP contribution >= 0.6 is 0 Å². The summed E-state index contributed by atoms with van der Waals surface area (Å²) in [6.45, 7) is 0. The maximum Gasteiger partial charge on any atom is 0.0789 e. The second kappa shape index (κ2) is 8.33. The summed E-state index contributed by atoms with van der Waals surface area (Å²) >= 11 is 0. The predicted octanol–water partition coefficient (Wildman–Crippen LogP) is 8.25. The lowest BCUT2D eigenvalue weighted by atomic mass is 10.00. The number of aromatic nitrogens is 2. The number of fused-ring (bicyclic) bond motifs is 7. The van der Waals surface area contributed by atoms with Gasteiger partial charge >= 0.3 is 0 Å². The summed E-state index contributed by atoms with van der Waals surface area (Å²) in [5.74, 6) is 0. The van der Waals surface area contributed by atoms with Crippen LogP contribution in [-0.2, 0) is 0 Å². The molecule has 0 atom stereocenters. The molecule has 2 N–H and O–H groups in total. The third kappa shape index (κ3) is 3.09. The number of para-hydroxylation sites is 3. The van der Waals surface area contributed by atoms with Crippen LogP contribution in [0.3, 0.4) is 0 Å². The molecule has 3 heterocycles. The Morgan fingerprint density at radius 2 is 1.18 bits per heavy atom. The molecule has 0 bridgehead atoms. The molecule has 0 saturated carbocycles. The third-order valence-corrected chi connectivity index (χ3v) is 7.75. The van der Waals surface area contributed by atoms with Gasteiger partial charge in [-0.05, 0) is 42.5 Å². The summed E-state index contributed by atoms with van der Waals surface area (Å²) in [7, 11) is 0. The minimum absolute atomic E-state index is 0.491. The van der Waals surface area contributed by atoms with Crippen molar-refractivity contribution < 1.29 is 0 Å². The van der Waals surface area contributed by atoms with Crippen LogP contribution in [0.15, 0.2) is 145 Å². The molecule has 2 aromatic heterocycles. The molecule has 0 amide bonds. The largest absolute Gasteiger partial charge is 0.359 e. The minimum Gasteiger partial charge on any atom is -0.359 e. The van der Waals surface area contributed by atoms with E-state index in [4.69, 9.17) is 5.41 Å². The highest BCUT2D eigenvalue weighted by Gasteiger charge is 2.24. The van der Waals surface area contributed by atoms with Gasteiger partial charge in [0.2, 0.25) is 0 Å². The Bertz CT molecular complexity index is 2140. The molecule has 0 unspecified atom stereocenters. The SMILES string of the molecule is N=C1C=CC=CC1=C1NC=CC=C1n1c2ccccc2c2ccc3c4ccccc4n(-c4ccccc4)c3c21. The first-order chi connectivity index (χ1) is 19.3. The smallest absolute Gasteiger partial charge is 0.0789 e. The molecule has 4 heteroatoms. The normalized spacial score (nSPS) is 17.0. The van der Waals surface area contributed by atoms with Crippen LogP contribution in [0.4, 0.5) is 0 Å². The van der Waals surface area contributed by atoms with Gasteiger partial charge in [0.05, 0.1) is 39.2 Å². The summed E-state index contributed by atoms with van der Waals surface area (Å²) in [5.41, 5.74) is 9.06. The average molecular weight is 501 g/mol. The van der Waals surface area contributed by atoms with Crippen LogP contribution in [0.2, 0.25) is 0 Å². The van der Waals surface area contributed by atoms with Crippen LogP contribution in [-0.4, -0.2) is 14.8 Å². The van der Waals surface area contributed by atoms with E-state index in [1.165, 1.54) is 32.6 Å². The number of hydrogen-bond acceptors (Lipinski definition) is 2. The van der Waals surface area contributed by atoms with Crippen molar-refractivity contribution in [2.24, 2.45) is 0 Å². The van der Waals surface area contributed by atoms with E-state index < -0.39 is 0 Å². The number of nitrogens with zero attached hydrogens (tertiary/aromatic N) is 2. The molecular formula is C35H24N4. The van der Waals surface area contributed by atoms with Gasteiger partial charge in [-0.2, -0.15) is 0 Å². The van der Waals surface area contributed by atoms with Crippen molar-refractivity contribution in [3.63, 3.8) is 0 Å². The molecule has 0 saturated heterocycles. The summed E-state index contributed by atoms with van der Waals surface area (Å²) < 4.78 is 4.77. The van der Waals surface area contributed by atoms with E-state index in [0.717, 1.165) is 33.7 Å². The van der Waals surface area contributed by atoms with Gasteiger partial charge in [0.25, 0.3) is 0 Å². The van der Waals surface area contributed by atoms with Crippen molar-refractivity contribution in [3.05, 3.63) is 145 Å². The van der Waals surface area contributed by atoms with Crippen LogP contribution in [0.25, 0.3) is 55.0 Å². The van der Waals surface area contributed by atoms with Crippen LogP contribution in [0, 0.1) is 5.41 Å². The molecule has 2 aliphatic rings. The van der Waals surface area contributed by atoms with Gasteiger partial charge in [-0.1, -0.05) is 85.0 Å². The van der Waals surface area contributed by atoms with Crippen molar-refractivity contribution in [2.75, 3.05) is 0 Å². The fraction of sp³-hybridized carbons (Fsp3) is 0.